The van der Waals surface area contributed by atoms with E-state index in [-0.39, 0.29) is 44.3 Å². The Balaban J connectivity index is 1.72. The van der Waals surface area contributed by atoms with Gasteiger partial charge >= 0.3 is 0 Å². The van der Waals surface area contributed by atoms with Crippen molar-refractivity contribution in [2.75, 3.05) is 52.9 Å². The summed E-state index contributed by atoms with van der Waals surface area (Å²) in [4.78, 5) is 12.0. The van der Waals surface area contributed by atoms with E-state index in [2.05, 4.69) is 5.32 Å². The summed E-state index contributed by atoms with van der Waals surface area (Å²) in [5, 5.41) is 2.63. The van der Waals surface area contributed by atoms with Crippen LogP contribution in [0.15, 0.2) is 35.2 Å². The van der Waals surface area contributed by atoms with Crippen LogP contribution in [0.3, 0.4) is 0 Å². The number of sulfonamides is 1. The number of benzene rings is 2. The van der Waals surface area contributed by atoms with Crippen LogP contribution in [0.1, 0.15) is 12.0 Å². The number of rotatable bonds is 9. The first-order valence-corrected chi connectivity index (χ1v) is 11.7. The number of ether oxygens (including phenoxy) is 4. The molecule has 11 heteroatoms. The molecule has 0 bridgehead atoms. The van der Waals surface area contributed by atoms with Gasteiger partial charge in [-0.3, -0.25) is 4.79 Å². The van der Waals surface area contributed by atoms with Crippen molar-refractivity contribution in [2.24, 2.45) is 0 Å². The number of amides is 1. The minimum absolute atomic E-state index is 0.0781. The highest BCUT2D eigenvalue weighted by Gasteiger charge is 2.29. The van der Waals surface area contributed by atoms with Gasteiger partial charge in [0.1, 0.15) is 10.7 Å². The second kappa shape index (κ2) is 10.8. The quantitative estimate of drug-likeness (QED) is 0.586. The number of anilines is 1. The molecule has 0 radical (unpaired) electrons. The first kappa shape index (κ1) is 24.7. The van der Waals surface area contributed by atoms with Crippen molar-refractivity contribution < 1.29 is 36.6 Å². The van der Waals surface area contributed by atoms with E-state index < -0.39 is 20.7 Å². The van der Waals surface area contributed by atoms with Crippen LogP contribution < -0.4 is 19.5 Å². The Labute approximate surface area is 192 Å². The lowest BCUT2D eigenvalue weighted by Gasteiger charge is -2.26. The van der Waals surface area contributed by atoms with Gasteiger partial charge in [-0.15, -0.1) is 0 Å². The van der Waals surface area contributed by atoms with Gasteiger partial charge in [0, 0.05) is 25.2 Å². The molecule has 180 valence electrons. The maximum Gasteiger partial charge on any atom is 0.246 e. The number of morpholine rings is 1. The molecule has 1 N–H and O–H groups in total. The molecule has 1 aliphatic rings. The number of nitrogens with one attached hydrogen (secondary N) is 1. The van der Waals surface area contributed by atoms with Crippen molar-refractivity contribution in [2.45, 2.75) is 17.7 Å². The van der Waals surface area contributed by atoms with Gasteiger partial charge < -0.3 is 24.3 Å². The molecule has 1 amide bonds. The van der Waals surface area contributed by atoms with Crippen LogP contribution in [0.4, 0.5) is 10.1 Å². The van der Waals surface area contributed by atoms with Crippen LogP contribution in [-0.2, 0) is 26.0 Å². The van der Waals surface area contributed by atoms with E-state index in [1.54, 1.807) is 12.1 Å². The molecule has 1 fully saturated rings. The molecule has 0 aliphatic carbocycles. The Hall–Kier alpha value is -2.89. The maximum absolute atomic E-state index is 14.4. The Morgan fingerprint density at radius 3 is 2.39 bits per heavy atom. The summed E-state index contributed by atoms with van der Waals surface area (Å²) in [5.41, 5.74) is 0.924. The van der Waals surface area contributed by atoms with Crippen molar-refractivity contribution in [1.82, 2.24) is 4.31 Å². The SMILES string of the molecule is COc1ccc(CCC(=O)Nc2ccc(F)c(S(=O)(=O)N3CCOCC3)c2)c(OC)c1OC. The van der Waals surface area contributed by atoms with E-state index >= 15 is 0 Å². The molecule has 0 aromatic heterocycles. The summed E-state index contributed by atoms with van der Waals surface area (Å²) >= 11 is 0. The van der Waals surface area contributed by atoms with Crippen molar-refractivity contribution in [1.29, 1.82) is 0 Å². The fourth-order valence-corrected chi connectivity index (χ4v) is 5.03. The van der Waals surface area contributed by atoms with Crippen LogP contribution in [0.25, 0.3) is 0 Å². The van der Waals surface area contributed by atoms with Crippen LogP contribution in [0.2, 0.25) is 0 Å². The standard InChI is InChI=1S/C22H27FN2O7S/c1-29-18-8-4-15(21(30-2)22(18)31-3)5-9-20(26)24-16-6-7-17(23)19(14-16)33(27,28)25-10-12-32-13-11-25/h4,6-8,14H,5,9-13H2,1-3H3,(H,24,26). The Kier molecular flexibility index (Phi) is 8.11. The smallest absolute Gasteiger partial charge is 0.246 e. The van der Waals surface area contributed by atoms with Gasteiger partial charge in [0.25, 0.3) is 0 Å². The van der Waals surface area contributed by atoms with E-state index in [1.165, 1.54) is 31.7 Å². The van der Waals surface area contributed by atoms with E-state index in [9.17, 15) is 17.6 Å². The van der Waals surface area contributed by atoms with Crippen LogP contribution in [0.5, 0.6) is 17.2 Å². The van der Waals surface area contributed by atoms with E-state index in [4.69, 9.17) is 18.9 Å². The highest BCUT2D eigenvalue weighted by molar-refractivity contribution is 7.89. The zero-order chi connectivity index (χ0) is 24.0. The number of carbonyl (C=O) groups is 1. The Morgan fingerprint density at radius 2 is 1.76 bits per heavy atom. The summed E-state index contributed by atoms with van der Waals surface area (Å²) in [7, 11) is 0.459. The number of hydrogen-bond acceptors (Lipinski definition) is 7. The fraction of sp³-hybridized carbons (Fsp3) is 0.409. The summed E-state index contributed by atoms with van der Waals surface area (Å²) in [6.45, 7) is 0.783. The predicted molar refractivity (Wildman–Crippen MR) is 119 cm³/mol. The van der Waals surface area contributed by atoms with Crippen LogP contribution in [-0.4, -0.2) is 66.3 Å². The van der Waals surface area contributed by atoms with E-state index in [1.807, 2.05) is 0 Å². The molecular formula is C22H27FN2O7S. The van der Waals surface area contributed by atoms with Gasteiger partial charge in [-0.2, -0.15) is 4.31 Å². The largest absolute Gasteiger partial charge is 0.493 e. The number of aryl methyl sites for hydroxylation is 1. The van der Waals surface area contributed by atoms with Crippen molar-refractivity contribution in [3.63, 3.8) is 0 Å². The zero-order valence-electron chi connectivity index (χ0n) is 18.7. The molecule has 1 aliphatic heterocycles. The fourth-order valence-electron chi connectivity index (χ4n) is 3.54. The van der Waals surface area contributed by atoms with Crippen LogP contribution in [0, 0.1) is 5.82 Å². The molecular weight excluding hydrogens is 455 g/mol. The maximum atomic E-state index is 14.4. The molecule has 0 saturated carbocycles. The van der Waals surface area contributed by atoms with Gasteiger partial charge in [0.2, 0.25) is 21.7 Å². The normalized spacial score (nSPS) is 14.5. The highest BCUT2D eigenvalue weighted by atomic mass is 32.2. The van der Waals surface area contributed by atoms with E-state index in [0.29, 0.717) is 23.7 Å². The molecule has 0 unspecified atom stereocenters. The third-order valence-electron chi connectivity index (χ3n) is 5.21. The Bertz CT molecular complexity index is 1100. The average Bonchev–Trinajstić information content (AvgIpc) is 2.83. The molecule has 1 heterocycles. The van der Waals surface area contributed by atoms with Crippen LogP contribution >= 0.6 is 0 Å². The number of halogens is 1. The molecule has 2 aromatic rings. The van der Waals surface area contributed by atoms with E-state index in [0.717, 1.165) is 17.7 Å². The predicted octanol–water partition coefficient (Wildman–Crippen LogP) is 2.44. The topological polar surface area (TPSA) is 103 Å². The minimum Gasteiger partial charge on any atom is -0.493 e. The lowest BCUT2D eigenvalue weighted by Crippen LogP contribution is -2.40. The lowest BCUT2D eigenvalue weighted by molar-refractivity contribution is -0.116. The molecule has 0 atom stereocenters. The number of carbonyl (C=O) groups excluding carboxylic acids is 1. The first-order valence-electron chi connectivity index (χ1n) is 10.3. The van der Waals surface area contributed by atoms with Gasteiger partial charge in [0.15, 0.2) is 11.5 Å². The second-order valence-corrected chi connectivity index (χ2v) is 9.11. The minimum atomic E-state index is -4.04. The monoisotopic (exact) mass is 482 g/mol. The summed E-state index contributed by atoms with van der Waals surface area (Å²) in [5.74, 6) is 0.144. The Morgan fingerprint density at radius 1 is 1.06 bits per heavy atom. The number of methoxy groups -OCH3 is 3. The highest BCUT2D eigenvalue weighted by Crippen LogP contribution is 2.40. The van der Waals surface area contributed by atoms with Crippen molar-refractivity contribution in [3.05, 3.63) is 41.7 Å². The molecule has 2 aromatic carbocycles. The molecule has 3 rings (SSSR count). The van der Waals surface area contributed by atoms with Gasteiger partial charge in [-0.1, -0.05) is 6.07 Å². The zero-order valence-corrected chi connectivity index (χ0v) is 19.5. The number of nitrogens with zero attached hydrogens (tertiary/aromatic N) is 1. The van der Waals surface area contributed by atoms with Gasteiger partial charge in [-0.05, 0) is 36.2 Å². The second-order valence-electron chi connectivity index (χ2n) is 7.20. The lowest BCUT2D eigenvalue weighted by atomic mass is 10.1. The summed E-state index contributed by atoms with van der Waals surface area (Å²) in [6, 6.07) is 6.98. The van der Waals surface area contributed by atoms with Gasteiger partial charge in [-0.25, -0.2) is 12.8 Å². The van der Waals surface area contributed by atoms with Crippen molar-refractivity contribution >= 4 is 21.6 Å². The number of hydrogen-bond donors (Lipinski definition) is 1. The molecule has 9 nitrogen and oxygen atoms in total. The third-order valence-corrected chi connectivity index (χ3v) is 7.12. The third kappa shape index (κ3) is 5.55. The molecule has 33 heavy (non-hydrogen) atoms. The molecule has 0 spiro atoms. The summed E-state index contributed by atoms with van der Waals surface area (Å²) in [6.07, 6.45) is 0.407. The van der Waals surface area contributed by atoms with Crippen molar-refractivity contribution in [3.8, 4) is 17.2 Å². The summed E-state index contributed by atoms with van der Waals surface area (Å²) < 4.78 is 62.4. The first-order chi connectivity index (χ1) is 15.8. The molecule has 1 saturated heterocycles. The van der Waals surface area contributed by atoms with Gasteiger partial charge in [0.05, 0.1) is 34.5 Å². The average molecular weight is 483 g/mol.